The van der Waals surface area contributed by atoms with E-state index in [9.17, 15) is 4.79 Å². The van der Waals surface area contributed by atoms with Crippen LogP contribution in [0.25, 0.3) is 0 Å². The Balaban J connectivity index is 1.45. The Labute approximate surface area is 142 Å². The first kappa shape index (κ1) is 15.1. The highest BCUT2D eigenvalue weighted by Gasteiger charge is 2.38. The standard InChI is InChI=1S/C19H22N4O/c24-18(23-13-9-17(23)15-6-2-1-3-7-15)16-8-4-12-22(14-16)19-20-10-5-11-21-19/h1-3,5-7,10-11,16-17H,4,8-9,12-14H2/t16-,17+/m0/s1. The number of piperidine rings is 1. The molecule has 2 saturated heterocycles. The van der Waals surface area contributed by atoms with Crippen LogP contribution in [0.5, 0.6) is 0 Å². The number of amides is 1. The van der Waals surface area contributed by atoms with Crippen molar-refractivity contribution in [2.45, 2.75) is 25.3 Å². The summed E-state index contributed by atoms with van der Waals surface area (Å²) in [6.45, 7) is 2.52. The second-order valence-corrected chi connectivity index (χ2v) is 6.58. The molecule has 2 aliphatic rings. The number of hydrogen-bond donors (Lipinski definition) is 0. The summed E-state index contributed by atoms with van der Waals surface area (Å²) < 4.78 is 0. The molecule has 0 aliphatic carbocycles. The van der Waals surface area contributed by atoms with E-state index >= 15 is 0 Å². The molecule has 0 N–H and O–H groups in total. The topological polar surface area (TPSA) is 49.3 Å². The van der Waals surface area contributed by atoms with Crippen LogP contribution in [0.4, 0.5) is 5.95 Å². The van der Waals surface area contributed by atoms with Crippen molar-refractivity contribution in [1.82, 2.24) is 14.9 Å². The third kappa shape index (κ3) is 2.86. The van der Waals surface area contributed by atoms with Crippen molar-refractivity contribution in [2.75, 3.05) is 24.5 Å². The lowest BCUT2D eigenvalue weighted by Gasteiger charge is -2.44. The van der Waals surface area contributed by atoms with Crippen molar-refractivity contribution in [3.8, 4) is 0 Å². The lowest BCUT2D eigenvalue weighted by atomic mass is 9.90. The summed E-state index contributed by atoms with van der Waals surface area (Å²) in [6, 6.07) is 12.4. The summed E-state index contributed by atoms with van der Waals surface area (Å²) >= 11 is 0. The van der Waals surface area contributed by atoms with Gasteiger partial charge in [0.1, 0.15) is 0 Å². The van der Waals surface area contributed by atoms with E-state index in [0.29, 0.717) is 0 Å². The van der Waals surface area contributed by atoms with Gasteiger partial charge in [-0.1, -0.05) is 30.3 Å². The molecule has 124 valence electrons. The van der Waals surface area contributed by atoms with E-state index in [1.54, 1.807) is 12.4 Å². The highest BCUT2D eigenvalue weighted by atomic mass is 16.2. The van der Waals surface area contributed by atoms with Crippen LogP contribution in [-0.2, 0) is 4.79 Å². The van der Waals surface area contributed by atoms with E-state index in [0.717, 1.165) is 44.8 Å². The number of likely N-dealkylation sites (tertiary alicyclic amines) is 1. The number of rotatable bonds is 3. The number of aromatic nitrogens is 2. The number of anilines is 1. The lowest BCUT2D eigenvalue weighted by Crippen LogP contribution is -2.51. The molecule has 3 heterocycles. The molecule has 2 atom stereocenters. The van der Waals surface area contributed by atoms with E-state index < -0.39 is 0 Å². The summed E-state index contributed by atoms with van der Waals surface area (Å²) in [5.74, 6) is 1.07. The second kappa shape index (κ2) is 6.59. The molecule has 24 heavy (non-hydrogen) atoms. The van der Waals surface area contributed by atoms with Gasteiger partial charge < -0.3 is 9.80 Å². The maximum Gasteiger partial charge on any atom is 0.227 e. The Bertz CT molecular complexity index is 691. The van der Waals surface area contributed by atoms with Gasteiger partial charge in [0.15, 0.2) is 0 Å². The fraction of sp³-hybridized carbons (Fsp3) is 0.421. The van der Waals surface area contributed by atoms with Gasteiger partial charge in [0, 0.05) is 32.0 Å². The number of hydrogen-bond acceptors (Lipinski definition) is 4. The molecule has 2 fully saturated rings. The molecule has 1 aromatic heterocycles. The molecule has 4 rings (SSSR count). The molecule has 1 amide bonds. The van der Waals surface area contributed by atoms with Crippen LogP contribution in [0.15, 0.2) is 48.8 Å². The number of nitrogens with zero attached hydrogens (tertiary/aromatic N) is 4. The molecular weight excluding hydrogens is 300 g/mol. The van der Waals surface area contributed by atoms with Crippen LogP contribution in [0.3, 0.4) is 0 Å². The summed E-state index contributed by atoms with van der Waals surface area (Å²) in [6.07, 6.45) is 6.55. The zero-order valence-electron chi connectivity index (χ0n) is 13.7. The molecule has 0 bridgehead atoms. The molecule has 0 radical (unpaired) electrons. The van der Waals surface area contributed by atoms with Crippen LogP contribution >= 0.6 is 0 Å². The number of benzene rings is 1. The van der Waals surface area contributed by atoms with Crippen LogP contribution in [0.2, 0.25) is 0 Å². The molecular formula is C19H22N4O. The minimum atomic E-state index is 0.0501. The predicted molar refractivity (Wildman–Crippen MR) is 92.5 cm³/mol. The summed E-state index contributed by atoms with van der Waals surface area (Å²) in [5, 5.41) is 0. The number of carbonyl (C=O) groups is 1. The first-order chi connectivity index (χ1) is 11.8. The van der Waals surface area contributed by atoms with Crippen LogP contribution in [0, 0.1) is 5.92 Å². The van der Waals surface area contributed by atoms with Gasteiger partial charge in [0.2, 0.25) is 11.9 Å². The van der Waals surface area contributed by atoms with Crippen molar-refractivity contribution >= 4 is 11.9 Å². The molecule has 5 heteroatoms. The van der Waals surface area contributed by atoms with Crippen LogP contribution in [-0.4, -0.2) is 40.4 Å². The second-order valence-electron chi connectivity index (χ2n) is 6.58. The third-order valence-corrected chi connectivity index (χ3v) is 5.09. The molecule has 2 aliphatic heterocycles. The van der Waals surface area contributed by atoms with Gasteiger partial charge in [-0.3, -0.25) is 4.79 Å². The predicted octanol–water partition coefficient (Wildman–Crippen LogP) is 2.67. The first-order valence-corrected chi connectivity index (χ1v) is 8.70. The Morgan fingerprint density at radius 3 is 2.50 bits per heavy atom. The van der Waals surface area contributed by atoms with Crippen molar-refractivity contribution in [1.29, 1.82) is 0 Å². The summed E-state index contributed by atoms with van der Waals surface area (Å²) in [7, 11) is 0. The Morgan fingerprint density at radius 1 is 1.00 bits per heavy atom. The zero-order chi connectivity index (χ0) is 16.4. The van der Waals surface area contributed by atoms with E-state index in [-0.39, 0.29) is 17.9 Å². The molecule has 5 nitrogen and oxygen atoms in total. The maximum atomic E-state index is 13.0. The van der Waals surface area contributed by atoms with Crippen molar-refractivity contribution in [3.05, 3.63) is 54.4 Å². The molecule has 2 aromatic rings. The minimum Gasteiger partial charge on any atom is -0.340 e. The Kier molecular flexibility index (Phi) is 4.15. The smallest absolute Gasteiger partial charge is 0.227 e. The SMILES string of the molecule is O=C([C@H]1CCCN(c2ncccn2)C1)N1CC[C@@H]1c1ccccc1. The number of carbonyl (C=O) groups excluding carboxylic acids is 1. The van der Waals surface area contributed by atoms with Crippen LogP contribution < -0.4 is 4.90 Å². The third-order valence-electron chi connectivity index (χ3n) is 5.09. The normalized spacial score (nSPS) is 23.7. The van der Waals surface area contributed by atoms with Gasteiger partial charge in [-0.15, -0.1) is 0 Å². The van der Waals surface area contributed by atoms with Gasteiger partial charge in [-0.25, -0.2) is 9.97 Å². The largest absolute Gasteiger partial charge is 0.340 e. The van der Waals surface area contributed by atoms with E-state index in [4.69, 9.17) is 0 Å². The maximum absolute atomic E-state index is 13.0. The van der Waals surface area contributed by atoms with Crippen molar-refractivity contribution in [3.63, 3.8) is 0 Å². The zero-order valence-corrected chi connectivity index (χ0v) is 13.7. The first-order valence-electron chi connectivity index (χ1n) is 8.70. The average molecular weight is 322 g/mol. The molecule has 0 unspecified atom stereocenters. The highest BCUT2D eigenvalue weighted by molar-refractivity contribution is 5.81. The van der Waals surface area contributed by atoms with Crippen molar-refractivity contribution < 1.29 is 4.79 Å². The quantitative estimate of drug-likeness (QED) is 0.872. The molecule has 1 aromatic carbocycles. The van der Waals surface area contributed by atoms with E-state index in [2.05, 4.69) is 31.9 Å². The summed E-state index contributed by atoms with van der Waals surface area (Å²) in [4.78, 5) is 25.8. The fourth-order valence-corrected chi connectivity index (χ4v) is 3.72. The van der Waals surface area contributed by atoms with Gasteiger partial charge >= 0.3 is 0 Å². The average Bonchev–Trinajstić information content (AvgIpc) is 2.62. The Hall–Kier alpha value is -2.43. The minimum absolute atomic E-state index is 0.0501. The lowest BCUT2D eigenvalue weighted by molar-refractivity contribution is -0.144. The Morgan fingerprint density at radius 2 is 1.79 bits per heavy atom. The van der Waals surface area contributed by atoms with Gasteiger partial charge in [0.25, 0.3) is 0 Å². The van der Waals surface area contributed by atoms with Gasteiger partial charge in [-0.2, -0.15) is 0 Å². The molecule has 0 spiro atoms. The van der Waals surface area contributed by atoms with Crippen molar-refractivity contribution in [2.24, 2.45) is 5.92 Å². The van der Waals surface area contributed by atoms with E-state index in [1.165, 1.54) is 5.56 Å². The highest BCUT2D eigenvalue weighted by Crippen LogP contribution is 2.35. The summed E-state index contributed by atoms with van der Waals surface area (Å²) in [5.41, 5.74) is 1.25. The molecule has 0 saturated carbocycles. The van der Waals surface area contributed by atoms with Crippen LogP contribution in [0.1, 0.15) is 30.9 Å². The van der Waals surface area contributed by atoms with Gasteiger partial charge in [-0.05, 0) is 30.9 Å². The monoisotopic (exact) mass is 322 g/mol. The fourth-order valence-electron chi connectivity index (χ4n) is 3.72. The van der Waals surface area contributed by atoms with E-state index in [1.807, 2.05) is 24.3 Å². The van der Waals surface area contributed by atoms with Gasteiger partial charge in [0.05, 0.1) is 12.0 Å².